The van der Waals surface area contributed by atoms with Gasteiger partial charge in [-0.2, -0.15) is 0 Å². The summed E-state index contributed by atoms with van der Waals surface area (Å²) in [6, 6.07) is 7.10. The van der Waals surface area contributed by atoms with Crippen LogP contribution in [0.2, 0.25) is 0 Å². The van der Waals surface area contributed by atoms with E-state index in [-0.39, 0.29) is 18.4 Å². The van der Waals surface area contributed by atoms with E-state index in [0.29, 0.717) is 37.5 Å². The molecule has 0 saturated carbocycles. The van der Waals surface area contributed by atoms with Crippen LogP contribution < -0.4 is 4.74 Å². The van der Waals surface area contributed by atoms with E-state index < -0.39 is 0 Å². The van der Waals surface area contributed by atoms with Gasteiger partial charge in [0.25, 0.3) is 5.91 Å². The minimum absolute atomic E-state index is 0.0345. The van der Waals surface area contributed by atoms with E-state index in [4.69, 9.17) is 9.47 Å². The fourth-order valence-corrected chi connectivity index (χ4v) is 2.31. The van der Waals surface area contributed by atoms with Crippen molar-refractivity contribution in [2.45, 2.75) is 0 Å². The number of carbonyl (C=O) groups excluding carboxylic acids is 2. The number of methoxy groups -OCH3 is 2. The quantitative estimate of drug-likeness (QED) is 0.816. The maximum atomic E-state index is 12.4. The van der Waals surface area contributed by atoms with Crippen molar-refractivity contribution in [3.05, 3.63) is 29.8 Å². The maximum Gasteiger partial charge on any atom is 0.254 e. The minimum Gasteiger partial charge on any atom is -0.497 e. The first-order chi connectivity index (χ1) is 10.2. The summed E-state index contributed by atoms with van der Waals surface area (Å²) in [5, 5.41) is 0. The van der Waals surface area contributed by atoms with Gasteiger partial charge >= 0.3 is 0 Å². The molecule has 1 aromatic carbocycles. The van der Waals surface area contributed by atoms with Crippen molar-refractivity contribution in [3.8, 4) is 5.75 Å². The van der Waals surface area contributed by atoms with Gasteiger partial charge < -0.3 is 19.3 Å². The molecule has 114 valence electrons. The highest BCUT2D eigenvalue weighted by atomic mass is 16.5. The van der Waals surface area contributed by atoms with E-state index in [1.165, 1.54) is 7.11 Å². The van der Waals surface area contributed by atoms with Crippen LogP contribution in [0.1, 0.15) is 10.4 Å². The zero-order valence-corrected chi connectivity index (χ0v) is 12.4. The first kappa shape index (κ1) is 15.3. The predicted molar refractivity (Wildman–Crippen MR) is 77.4 cm³/mol. The first-order valence-electron chi connectivity index (χ1n) is 6.85. The van der Waals surface area contributed by atoms with E-state index in [1.807, 2.05) is 0 Å². The Morgan fingerprint density at radius 2 is 1.76 bits per heavy atom. The molecule has 1 aliphatic heterocycles. The van der Waals surface area contributed by atoms with Crippen molar-refractivity contribution >= 4 is 11.8 Å². The molecule has 6 heteroatoms. The Balaban J connectivity index is 1.95. The van der Waals surface area contributed by atoms with Crippen molar-refractivity contribution in [2.24, 2.45) is 0 Å². The molecule has 0 N–H and O–H groups in total. The van der Waals surface area contributed by atoms with Crippen molar-refractivity contribution in [1.82, 2.24) is 9.80 Å². The molecule has 1 aromatic rings. The molecule has 0 atom stereocenters. The summed E-state index contributed by atoms with van der Waals surface area (Å²) < 4.78 is 9.97. The molecule has 1 fully saturated rings. The van der Waals surface area contributed by atoms with Gasteiger partial charge in [-0.25, -0.2) is 0 Å². The maximum absolute atomic E-state index is 12.4. The Kier molecular flexibility index (Phi) is 5.16. The second-order valence-corrected chi connectivity index (χ2v) is 4.84. The topological polar surface area (TPSA) is 59.1 Å². The van der Waals surface area contributed by atoms with Gasteiger partial charge in [0.05, 0.1) is 7.11 Å². The summed E-state index contributed by atoms with van der Waals surface area (Å²) in [6.07, 6.45) is 0. The van der Waals surface area contributed by atoms with Crippen molar-refractivity contribution in [3.63, 3.8) is 0 Å². The molecule has 0 unspecified atom stereocenters. The lowest BCUT2D eigenvalue weighted by atomic mass is 10.1. The van der Waals surface area contributed by atoms with Crippen molar-refractivity contribution in [2.75, 3.05) is 47.0 Å². The molecule has 1 aliphatic rings. The van der Waals surface area contributed by atoms with E-state index in [0.717, 1.165) is 0 Å². The smallest absolute Gasteiger partial charge is 0.254 e. The number of ether oxygens (including phenoxy) is 2. The molecule has 0 radical (unpaired) electrons. The second kappa shape index (κ2) is 7.08. The van der Waals surface area contributed by atoms with E-state index >= 15 is 0 Å². The Morgan fingerprint density at radius 3 is 2.38 bits per heavy atom. The summed E-state index contributed by atoms with van der Waals surface area (Å²) in [7, 11) is 3.07. The van der Waals surface area contributed by atoms with Gasteiger partial charge in [0, 0.05) is 38.9 Å². The van der Waals surface area contributed by atoms with Gasteiger partial charge in [0.15, 0.2) is 0 Å². The number of amides is 2. The third kappa shape index (κ3) is 3.72. The van der Waals surface area contributed by atoms with Crippen molar-refractivity contribution in [1.29, 1.82) is 0 Å². The third-order valence-corrected chi connectivity index (χ3v) is 3.50. The number of hydrogen-bond acceptors (Lipinski definition) is 4. The largest absolute Gasteiger partial charge is 0.497 e. The molecule has 0 bridgehead atoms. The highest BCUT2D eigenvalue weighted by molar-refractivity contribution is 5.94. The number of nitrogens with zero attached hydrogens (tertiary/aromatic N) is 2. The van der Waals surface area contributed by atoms with Gasteiger partial charge in [0.2, 0.25) is 5.91 Å². The second-order valence-electron chi connectivity index (χ2n) is 4.84. The fraction of sp³-hybridized carbons (Fsp3) is 0.467. The van der Waals surface area contributed by atoms with Crippen LogP contribution in [-0.2, 0) is 9.53 Å². The highest BCUT2D eigenvalue weighted by Crippen LogP contribution is 2.15. The molecule has 2 amide bonds. The predicted octanol–water partition coefficient (Wildman–Crippen LogP) is 0.626. The Bertz CT molecular complexity index is 510. The summed E-state index contributed by atoms with van der Waals surface area (Å²) >= 11 is 0. The summed E-state index contributed by atoms with van der Waals surface area (Å²) in [5.41, 5.74) is 0.603. The van der Waals surface area contributed by atoms with Crippen LogP contribution in [-0.4, -0.2) is 68.6 Å². The molecule has 21 heavy (non-hydrogen) atoms. The normalized spacial score (nSPS) is 15.0. The zero-order valence-electron chi connectivity index (χ0n) is 12.4. The van der Waals surface area contributed by atoms with Gasteiger partial charge in [-0.15, -0.1) is 0 Å². The molecular formula is C15H20N2O4. The average molecular weight is 292 g/mol. The lowest BCUT2D eigenvalue weighted by Crippen LogP contribution is -2.51. The van der Waals surface area contributed by atoms with Crippen LogP contribution in [0.25, 0.3) is 0 Å². The fourth-order valence-electron chi connectivity index (χ4n) is 2.31. The molecule has 1 saturated heterocycles. The lowest BCUT2D eigenvalue weighted by molar-refractivity contribution is -0.136. The highest BCUT2D eigenvalue weighted by Gasteiger charge is 2.24. The summed E-state index contributed by atoms with van der Waals surface area (Å²) in [6.45, 7) is 2.23. The third-order valence-electron chi connectivity index (χ3n) is 3.50. The molecule has 6 nitrogen and oxygen atoms in total. The van der Waals surface area contributed by atoms with E-state index in [9.17, 15) is 9.59 Å². The number of carbonyl (C=O) groups is 2. The van der Waals surface area contributed by atoms with Gasteiger partial charge in [-0.05, 0) is 18.2 Å². The van der Waals surface area contributed by atoms with Crippen LogP contribution in [0.4, 0.5) is 0 Å². The monoisotopic (exact) mass is 292 g/mol. The molecule has 1 heterocycles. The lowest BCUT2D eigenvalue weighted by Gasteiger charge is -2.34. The van der Waals surface area contributed by atoms with Gasteiger partial charge in [-0.1, -0.05) is 6.07 Å². The molecule has 0 aliphatic carbocycles. The van der Waals surface area contributed by atoms with Gasteiger partial charge in [0.1, 0.15) is 12.4 Å². The minimum atomic E-state index is -0.0361. The molecular weight excluding hydrogens is 272 g/mol. The van der Waals surface area contributed by atoms with Crippen LogP contribution in [0.15, 0.2) is 24.3 Å². The molecule has 2 rings (SSSR count). The zero-order chi connectivity index (χ0) is 15.2. The number of rotatable bonds is 4. The van der Waals surface area contributed by atoms with Gasteiger partial charge in [-0.3, -0.25) is 9.59 Å². The van der Waals surface area contributed by atoms with E-state index in [2.05, 4.69) is 0 Å². The Hall–Kier alpha value is -2.08. The number of hydrogen-bond donors (Lipinski definition) is 0. The van der Waals surface area contributed by atoms with Crippen molar-refractivity contribution < 1.29 is 19.1 Å². The summed E-state index contributed by atoms with van der Waals surface area (Å²) in [4.78, 5) is 27.6. The molecule has 0 spiro atoms. The van der Waals surface area contributed by atoms with Crippen LogP contribution in [0.3, 0.4) is 0 Å². The average Bonchev–Trinajstić information content (AvgIpc) is 2.54. The van der Waals surface area contributed by atoms with Crippen LogP contribution in [0.5, 0.6) is 5.75 Å². The first-order valence-corrected chi connectivity index (χ1v) is 6.85. The molecule has 0 aromatic heterocycles. The summed E-state index contributed by atoms with van der Waals surface area (Å²) in [5.74, 6) is 0.591. The Labute approximate surface area is 124 Å². The SMILES string of the molecule is COCC(=O)N1CCN(C(=O)c2cccc(OC)c2)CC1. The van der Waals surface area contributed by atoms with E-state index in [1.54, 1.807) is 41.2 Å². The number of piperazine rings is 1. The number of benzene rings is 1. The Morgan fingerprint density at radius 1 is 1.10 bits per heavy atom. The standard InChI is InChI=1S/C15H20N2O4/c1-20-11-14(18)16-6-8-17(9-7-16)15(19)12-4-3-5-13(10-12)21-2/h3-5,10H,6-9,11H2,1-2H3. The van der Waals surface area contributed by atoms with Crippen LogP contribution in [0, 0.1) is 0 Å². The van der Waals surface area contributed by atoms with Crippen LogP contribution >= 0.6 is 0 Å².